The van der Waals surface area contributed by atoms with Gasteiger partial charge in [0.05, 0.1) is 19.3 Å². The van der Waals surface area contributed by atoms with E-state index in [2.05, 4.69) is 46.9 Å². The molecule has 3 rings (SSSR count). The molecule has 0 radical (unpaired) electrons. The number of nitrogens with one attached hydrogen (secondary N) is 1. The van der Waals surface area contributed by atoms with Crippen LogP contribution in [-0.2, 0) is 14.3 Å². The lowest BCUT2D eigenvalue weighted by Crippen LogP contribution is -2.65. The van der Waals surface area contributed by atoms with Gasteiger partial charge in [-0.15, -0.1) is 0 Å². The van der Waals surface area contributed by atoms with Gasteiger partial charge in [-0.1, -0.05) is 13.8 Å². The average Bonchev–Trinajstić information content (AvgIpc) is 3.16. The maximum Gasteiger partial charge on any atom is 0.257 e. The number of hydrogen-bond acceptors (Lipinski definition) is 4. The fraction of sp³-hybridized carbons (Fsp3) is 0.947. The summed E-state index contributed by atoms with van der Waals surface area (Å²) in [4.78, 5) is 15.4. The molecule has 1 N–H and O–H groups in total. The van der Waals surface area contributed by atoms with Gasteiger partial charge in [0.25, 0.3) is 5.91 Å². The second-order valence-electron chi connectivity index (χ2n) is 9.70. The van der Waals surface area contributed by atoms with Crippen molar-refractivity contribution in [2.24, 2.45) is 5.92 Å². The van der Waals surface area contributed by atoms with Crippen molar-refractivity contribution >= 4 is 5.91 Å². The Morgan fingerprint density at radius 3 is 2.29 bits per heavy atom. The Balaban J connectivity index is 1.83. The van der Waals surface area contributed by atoms with Gasteiger partial charge in [-0.05, 0) is 46.5 Å². The highest BCUT2D eigenvalue weighted by molar-refractivity contribution is 5.87. The molecule has 3 heterocycles. The first kappa shape index (κ1) is 18.2. The molecule has 0 aliphatic carbocycles. The van der Waals surface area contributed by atoms with E-state index in [0.29, 0.717) is 12.5 Å². The van der Waals surface area contributed by atoms with Crippen molar-refractivity contribution in [2.75, 3.05) is 13.2 Å². The van der Waals surface area contributed by atoms with E-state index in [-0.39, 0.29) is 29.3 Å². The molecule has 24 heavy (non-hydrogen) atoms. The zero-order valence-electron chi connectivity index (χ0n) is 16.1. The second kappa shape index (κ2) is 5.96. The number of carbonyl (C=O) groups excluding carboxylic acids is 1. The van der Waals surface area contributed by atoms with Crippen molar-refractivity contribution in [3.05, 3.63) is 0 Å². The first-order valence-corrected chi connectivity index (χ1v) is 9.42. The van der Waals surface area contributed by atoms with Gasteiger partial charge >= 0.3 is 0 Å². The molecule has 3 fully saturated rings. The minimum Gasteiger partial charge on any atom is -0.371 e. The molecular weight excluding hydrogens is 304 g/mol. The second-order valence-corrected chi connectivity index (χ2v) is 9.70. The third kappa shape index (κ3) is 3.78. The number of nitrogens with zero attached hydrogens (tertiary/aromatic N) is 1. The van der Waals surface area contributed by atoms with Gasteiger partial charge in [0.1, 0.15) is 6.23 Å². The Kier molecular flexibility index (Phi) is 4.51. The zero-order chi connectivity index (χ0) is 17.8. The summed E-state index contributed by atoms with van der Waals surface area (Å²) in [6.45, 7) is 14.6. The van der Waals surface area contributed by atoms with Crippen LogP contribution >= 0.6 is 0 Å². The number of rotatable bonds is 5. The summed E-state index contributed by atoms with van der Waals surface area (Å²) in [6, 6.07) is 0. The Labute approximate surface area is 146 Å². The fourth-order valence-electron chi connectivity index (χ4n) is 4.78. The van der Waals surface area contributed by atoms with Crippen LogP contribution in [0.25, 0.3) is 0 Å². The quantitative estimate of drug-likeness (QED) is 0.783. The standard InChI is InChI=1S/C19H34N2O3/c1-13(2)7-8-15-21(9-14-10-23-14)16(22)19(24-15)11-17(3,4)20-18(5,6)12-19/h13-15,20H,7-12H2,1-6H3. The monoisotopic (exact) mass is 338 g/mol. The zero-order valence-corrected chi connectivity index (χ0v) is 16.1. The van der Waals surface area contributed by atoms with Crippen molar-refractivity contribution in [3.63, 3.8) is 0 Å². The van der Waals surface area contributed by atoms with E-state index < -0.39 is 5.60 Å². The van der Waals surface area contributed by atoms with Gasteiger partial charge in [0.15, 0.2) is 5.60 Å². The van der Waals surface area contributed by atoms with Crippen LogP contribution in [0.4, 0.5) is 0 Å². The van der Waals surface area contributed by atoms with E-state index in [9.17, 15) is 4.79 Å². The smallest absolute Gasteiger partial charge is 0.257 e. The number of carbonyl (C=O) groups is 1. The minimum absolute atomic E-state index is 0.103. The van der Waals surface area contributed by atoms with Gasteiger partial charge in [0, 0.05) is 23.9 Å². The first-order valence-electron chi connectivity index (χ1n) is 9.42. The van der Waals surface area contributed by atoms with Crippen LogP contribution in [0.2, 0.25) is 0 Å². The highest BCUT2D eigenvalue weighted by atomic mass is 16.6. The molecule has 0 aromatic heterocycles. The van der Waals surface area contributed by atoms with E-state index in [4.69, 9.17) is 9.47 Å². The van der Waals surface area contributed by atoms with E-state index in [0.717, 1.165) is 32.3 Å². The molecule has 5 heteroatoms. The molecule has 3 aliphatic rings. The lowest BCUT2D eigenvalue weighted by molar-refractivity contribution is -0.147. The van der Waals surface area contributed by atoms with Crippen molar-refractivity contribution in [1.29, 1.82) is 0 Å². The summed E-state index contributed by atoms with van der Waals surface area (Å²) >= 11 is 0. The van der Waals surface area contributed by atoms with Crippen LogP contribution in [0.15, 0.2) is 0 Å². The highest BCUT2D eigenvalue weighted by Crippen LogP contribution is 2.45. The van der Waals surface area contributed by atoms with Crippen LogP contribution in [0.1, 0.15) is 67.2 Å². The predicted molar refractivity (Wildman–Crippen MR) is 93.7 cm³/mol. The van der Waals surface area contributed by atoms with Crippen LogP contribution < -0.4 is 5.32 Å². The number of ether oxygens (including phenoxy) is 2. The van der Waals surface area contributed by atoms with E-state index in [1.165, 1.54) is 0 Å². The van der Waals surface area contributed by atoms with E-state index in [1.54, 1.807) is 0 Å². The minimum atomic E-state index is -0.686. The molecule has 0 aromatic rings. The topological polar surface area (TPSA) is 54.1 Å². The molecule has 2 unspecified atom stereocenters. The Bertz CT molecular complexity index is 481. The van der Waals surface area contributed by atoms with Gasteiger partial charge in [0.2, 0.25) is 0 Å². The molecule has 1 amide bonds. The van der Waals surface area contributed by atoms with Crippen molar-refractivity contribution in [1.82, 2.24) is 10.2 Å². The molecule has 3 saturated heterocycles. The van der Waals surface area contributed by atoms with Crippen molar-refractivity contribution in [3.8, 4) is 0 Å². The Hall–Kier alpha value is -0.650. The molecule has 0 aromatic carbocycles. The van der Waals surface area contributed by atoms with E-state index >= 15 is 0 Å². The normalized spacial score (nSPS) is 33.5. The van der Waals surface area contributed by atoms with E-state index in [1.807, 2.05) is 4.90 Å². The maximum atomic E-state index is 13.4. The SMILES string of the molecule is CC(C)CCC1OC2(CC(C)(C)NC(C)(C)C2)C(=O)N1CC1CO1. The summed E-state index contributed by atoms with van der Waals surface area (Å²) in [7, 11) is 0. The predicted octanol–water partition coefficient (Wildman–Crippen LogP) is 2.69. The Morgan fingerprint density at radius 1 is 1.21 bits per heavy atom. The summed E-state index contributed by atoms with van der Waals surface area (Å²) < 4.78 is 11.9. The highest BCUT2D eigenvalue weighted by Gasteiger charge is 2.60. The summed E-state index contributed by atoms with van der Waals surface area (Å²) in [6.07, 6.45) is 3.53. The molecule has 2 atom stereocenters. The molecule has 0 bridgehead atoms. The average molecular weight is 338 g/mol. The third-order valence-electron chi connectivity index (χ3n) is 5.29. The van der Waals surface area contributed by atoms with Gasteiger partial charge < -0.3 is 19.7 Å². The van der Waals surface area contributed by atoms with Gasteiger partial charge in [-0.2, -0.15) is 0 Å². The molecule has 138 valence electrons. The summed E-state index contributed by atoms with van der Waals surface area (Å²) in [5.41, 5.74) is -0.924. The van der Waals surface area contributed by atoms with Crippen molar-refractivity contribution < 1.29 is 14.3 Å². The van der Waals surface area contributed by atoms with Gasteiger partial charge in [-0.25, -0.2) is 0 Å². The van der Waals surface area contributed by atoms with Crippen LogP contribution in [0.3, 0.4) is 0 Å². The fourth-order valence-corrected chi connectivity index (χ4v) is 4.78. The lowest BCUT2D eigenvalue weighted by Gasteiger charge is -2.49. The molecule has 3 aliphatic heterocycles. The summed E-state index contributed by atoms with van der Waals surface area (Å²) in [5.74, 6) is 0.787. The third-order valence-corrected chi connectivity index (χ3v) is 5.29. The molecule has 0 saturated carbocycles. The molecule has 5 nitrogen and oxygen atoms in total. The van der Waals surface area contributed by atoms with Crippen LogP contribution in [0, 0.1) is 5.92 Å². The number of hydrogen-bond donors (Lipinski definition) is 1. The first-order chi connectivity index (χ1) is 11.0. The number of piperidine rings is 1. The number of epoxide rings is 1. The van der Waals surface area contributed by atoms with Crippen LogP contribution in [0.5, 0.6) is 0 Å². The lowest BCUT2D eigenvalue weighted by atomic mass is 9.72. The largest absolute Gasteiger partial charge is 0.371 e. The van der Waals surface area contributed by atoms with Gasteiger partial charge in [-0.3, -0.25) is 4.79 Å². The maximum absolute atomic E-state index is 13.4. The van der Waals surface area contributed by atoms with Crippen molar-refractivity contribution in [2.45, 2.75) is 96.2 Å². The van der Waals surface area contributed by atoms with Crippen LogP contribution in [-0.4, -0.2) is 53.0 Å². The number of amides is 1. The molecule has 1 spiro atoms. The summed E-state index contributed by atoms with van der Waals surface area (Å²) in [5, 5.41) is 3.66. The molecular formula is C19H34N2O3. The Morgan fingerprint density at radius 2 is 1.79 bits per heavy atom.